The molecule has 28 heavy (non-hydrogen) atoms. The van der Waals surface area contributed by atoms with Crippen molar-refractivity contribution < 1.29 is 9.53 Å². The fourth-order valence-corrected chi connectivity index (χ4v) is 4.62. The quantitative estimate of drug-likeness (QED) is 0.774. The van der Waals surface area contributed by atoms with E-state index in [9.17, 15) is 4.79 Å². The van der Waals surface area contributed by atoms with Gasteiger partial charge in [0.25, 0.3) is 5.91 Å². The zero-order valence-corrected chi connectivity index (χ0v) is 17.5. The Hall–Kier alpha value is -1.51. The summed E-state index contributed by atoms with van der Waals surface area (Å²) < 4.78 is 5.40. The Bertz CT molecular complexity index is 773. The number of carbonyl (C=O) groups is 1. The van der Waals surface area contributed by atoms with Crippen LogP contribution in [0.1, 0.15) is 39.6 Å². The second-order valence-corrected chi connectivity index (χ2v) is 8.20. The number of hydrogen-bond donors (Lipinski definition) is 2. The number of ether oxygens (including phenoxy) is 1. The van der Waals surface area contributed by atoms with Crippen molar-refractivity contribution in [3.05, 3.63) is 46.5 Å². The van der Waals surface area contributed by atoms with Crippen LogP contribution in [0.25, 0.3) is 0 Å². The fourth-order valence-electron chi connectivity index (χ4n) is 3.64. The van der Waals surface area contributed by atoms with Gasteiger partial charge in [0.15, 0.2) is 5.13 Å². The molecule has 0 atom stereocenters. The molecule has 1 aromatic heterocycles. The van der Waals surface area contributed by atoms with Gasteiger partial charge in [-0.05, 0) is 49.5 Å². The van der Waals surface area contributed by atoms with E-state index in [0.29, 0.717) is 16.6 Å². The number of nitrogens with one attached hydrogen (secondary N) is 2. The third-order valence-corrected chi connectivity index (χ3v) is 6.26. The fraction of sp³-hybridized carbons (Fsp3) is 0.500. The molecule has 2 saturated heterocycles. The lowest BCUT2D eigenvalue weighted by Crippen LogP contribution is -2.35. The number of thiazole rings is 1. The molecule has 0 radical (unpaired) electrons. The summed E-state index contributed by atoms with van der Waals surface area (Å²) in [6.07, 6.45) is 4.20. The maximum absolute atomic E-state index is 12.7. The van der Waals surface area contributed by atoms with E-state index in [1.807, 2.05) is 24.4 Å². The van der Waals surface area contributed by atoms with Gasteiger partial charge in [0.1, 0.15) is 0 Å². The van der Waals surface area contributed by atoms with E-state index in [1.54, 1.807) is 11.3 Å². The van der Waals surface area contributed by atoms with Gasteiger partial charge in [-0.2, -0.15) is 0 Å². The number of aromatic nitrogens is 1. The molecule has 0 unspecified atom stereocenters. The summed E-state index contributed by atoms with van der Waals surface area (Å²) in [6.45, 7) is 6.40. The molecule has 1 amide bonds. The Morgan fingerprint density at radius 3 is 2.86 bits per heavy atom. The Morgan fingerprint density at radius 2 is 2.07 bits per heavy atom. The zero-order chi connectivity index (χ0) is 18.5. The molecule has 4 rings (SSSR count). The van der Waals surface area contributed by atoms with E-state index >= 15 is 0 Å². The van der Waals surface area contributed by atoms with Gasteiger partial charge < -0.3 is 10.1 Å². The van der Waals surface area contributed by atoms with E-state index in [0.717, 1.165) is 64.3 Å². The molecule has 2 fully saturated rings. The minimum atomic E-state index is -0.0926. The topological polar surface area (TPSA) is 66.5 Å². The van der Waals surface area contributed by atoms with Crippen LogP contribution in [0.4, 0.5) is 5.13 Å². The summed E-state index contributed by atoms with van der Waals surface area (Å²) >= 11 is 1.60. The molecule has 1 aromatic carbocycles. The second-order valence-electron chi connectivity index (χ2n) is 7.14. The van der Waals surface area contributed by atoms with Crippen LogP contribution < -0.4 is 10.6 Å². The van der Waals surface area contributed by atoms with Crippen molar-refractivity contribution in [2.75, 3.05) is 44.7 Å². The van der Waals surface area contributed by atoms with Crippen LogP contribution in [0.2, 0.25) is 0 Å². The average Bonchev–Trinajstić information content (AvgIpc) is 3.18. The second kappa shape index (κ2) is 10.3. The van der Waals surface area contributed by atoms with E-state index in [2.05, 4.69) is 26.6 Å². The van der Waals surface area contributed by atoms with Crippen molar-refractivity contribution in [3.63, 3.8) is 0 Å². The number of nitrogens with zero attached hydrogens (tertiary/aromatic N) is 2. The van der Waals surface area contributed by atoms with Crippen molar-refractivity contribution in [1.82, 2.24) is 15.2 Å². The molecular weight excluding hydrogens is 396 g/mol. The number of hydrogen-bond acceptors (Lipinski definition) is 6. The lowest BCUT2D eigenvalue weighted by molar-refractivity contribution is 0.0342. The minimum absolute atomic E-state index is 0. The van der Waals surface area contributed by atoms with E-state index in [-0.39, 0.29) is 18.3 Å². The SMILES string of the molecule is Cl.O=C(Nc1ncc(C2CCNCC2)s1)c1cccc(CN2CCOCC2)c1. The molecule has 2 aliphatic rings. The van der Waals surface area contributed by atoms with Gasteiger partial charge in [-0.15, -0.1) is 23.7 Å². The smallest absolute Gasteiger partial charge is 0.257 e. The standard InChI is InChI=1S/C20H26N4O2S.ClH/c25-19(23-20-22-13-18(27-20)16-4-6-21-7-5-16)17-3-1-2-15(12-17)14-24-8-10-26-11-9-24;/h1-3,12-13,16,21H,4-11,14H2,(H,22,23,25);1H. The van der Waals surface area contributed by atoms with Gasteiger partial charge in [0.05, 0.1) is 13.2 Å². The van der Waals surface area contributed by atoms with Crippen molar-refractivity contribution in [3.8, 4) is 0 Å². The molecular formula is C20H27ClN4O2S. The maximum atomic E-state index is 12.7. The molecule has 0 bridgehead atoms. The minimum Gasteiger partial charge on any atom is -0.379 e. The number of piperidine rings is 1. The predicted molar refractivity (Wildman–Crippen MR) is 115 cm³/mol. The van der Waals surface area contributed by atoms with Gasteiger partial charge in [-0.25, -0.2) is 4.98 Å². The van der Waals surface area contributed by atoms with Gasteiger partial charge in [0.2, 0.25) is 0 Å². The van der Waals surface area contributed by atoms with Crippen molar-refractivity contribution >= 4 is 34.8 Å². The van der Waals surface area contributed by atoms with Crippen molar-refractivity contribution in [2.24, 2.45) is 0 Å². The first-order chi connectivity index (χ1) is 13.3. The van der Waals surface area contributed by atoms with Crippen LogP contribution >= 0.6 is 23.7 Å². The van der Waals surface area contributed by atoms with Crippen molar-refractivity contribution in [1.29, 1.82) is 0 Å². The van der Waals surface area contributed by atoms with Gasteiger partial charge in [-0.3, -0.25) is 15.0 Å². The first-order valence-corrected chi connectivity index (χ1v) is 10.5. The molecule has 3 heterocycles. The van der Waals surface area contributed by atoms with Crippen LogP contribution in [0.5, 0.6) is 0 Å². The highest BCUT2D eigenvalue weighted by Crippen LogP contribution is 2.31. The van der Waals surface area contributed by atoms with Gasteiger partial charge in [0, 0.05) is 36.3 Å². The normalized spacial score (nSPS) is 18.4. The third-order valence-electron chi connectivity index (χ3n) is 5.18. The Kier molecular flexibility index (Phi) is 7.82. The summed E-state index contributed by atoms with van der Waals surface area (Å²) in [4.78, 5) is 20.7. The number of carbonyl (C=O) groups excluding carboxylic acids is 1. The number of halogens is 1. The van der Waals surface area contributed by atoms with Crippen LogP contribution in [0.15, 0.2) is 30.5 Å². The summed E-state index contributed by atoms with van der Waals surface area (Å²) in [7, 11) is 0. The number of amides is 1. The lowest BCUT2D eigenvalue weighted by atomic mass is 9.97. The molecule has 2 N–H and O–H groups in total. The summed E-state index contributed by atoms with van der Waals surface area (Å²) in [5.41, 5.74) is 1.83. The average molecular weight is 423 g/mol. The molecule has 2 aliphatic heterocycles. The van der Waals surface area contributed by atoms with Crippen LogP contribution in [-0.2, 0) is 11.3 Å². The largest absolute Gasteiger partial charge is 0.379 e. The van der Waals surface area contributed by atoms with E-state index in [4.69, 9.17) is 4.74 Å². The van der Waals surface area contributed by atoms with Crippen LogP contribution in [-0.4, -0.2) is 55.2 Å². The molecule has 2 aromatic rings. The number of morpholine rings is 1. The van der Waals surface area contributed by atoms with Gasteiger partial charge in [-0.1, -0.05) is 12.1 Å². The molecule has 0 spiro atoms. The predicted octanol–water partition coefficient (Wildman–Crippen LogP) is 3.12. The number of rotatable bonds is 5. The molecule has 152 valence electrons. The summed E-state index contributed by atoms with van der Waals surface area (Å²) in [5.74, 6) is 0.469. The van der Waals surface area contributed by atoms with Crippen molar-refractivity contribution in [2.45, 2.75) is 25.3 Å². The highest BCUT2D eigenvalue weighted by atomic mass is 35.5. The zero-order valence-electron chi connectivity index (χ0n) is 15.9. The highest BCUT2D eigenvalue weighted by molar-refractivity contribution is 7.15. The van der Waals surface area contributed by atoms with Gasteiger partial charge >= 0.3 is 0 Å². The molecule has 6 nitrogen and oxygen atoms in total. The lowest BCUT2D eigenvalue weighted by Gasteiger charge is -2.26. The Labute approximate surface area is 176 Å². The summed E-state index contributed by atoms with van der Waals surface area (Å²) in [6, 6.07) is 7.86. The maximum Gasteiger partial charge on any atom is 0.257 e. The Morgan fingerprint density at radius 1 is 1.29 bits per heavy atom. The molecule has 8 heteroatoms. The van der Waals surface area contributed by atoms with E-state index in [1.165, 1.54) is 4.88 Å². The third kappa shape index (κ3) is 5.52. The highest BCUT2D eigenvalue weighted by Gasteiger charge is 2.19. The summed E-state index contributed by atoms with van der Waals surface area (Å²) in [5, 5.41) is 7.04. The first kappa shape index (κ1) is 21.2. The number of anilines is 1. The Balaban J connectivity index is 0.00000225. The molecule has 0 saturated carbocycles. The number of benzene rings is 1. The van der Waals surface area contributed by atoms with Crippen LogP contribution in [0.3, 0.4) is 0 Å². The monoisotopic (exact) mass is 422 g/mol. The molecule has 0 aliphatic carbocycles. The first-order valence-electron chi connectivity index (χ1n) is 9.65. The van der Waals surface area contributed by atoms with Crippen LogP contribution in [0, 0.1) is 0 Å². The van der Waals surface area contributed by atoms with E-state index < -0.39 is 0 Å².